The van der Waals surface area contributed by atoms with Gasteiger partial charge in [0.15, 0.2) is 0 Å². The van der Waals surface area contributed by atoms with Gasteiger partial charge >= 0.3 is 0 Å². The number of anilines is 1. The smallest absolute Gasteiger partial charge is 0.268 e. The minimum atomic E-state index is -0.0974. The van der Waals surface area contributed by atoms with E-state index in [1.807, 2.05) is 6.07 Å². The predicted molar refractivity (Wildman–Crippen MR) is 107 cm³/mol. The summed E-state index contributed by atoms with van der Waals surface area (Å²) in [5.41, 5.74) is 2.10. The van der Waals surface area contributed by atoms with Crippen molar-refractivity contribution >= 4 is 11.6 Å². The number of nitrogens with zero attached hydrogens (tertiary/aromatic N) is 3. The quantitative estimate of drug-likeness (QED) is 0.725. The normalized spacial score (nSPS) is 16.5. The second-order valence-corrected chi connectivity index (χ2v) is 7.27. The predicted octanol–water partition coefficient (Wildman–Crippen LogP) is 2.14. The van der Waals surface area contributed by atoms with Crippen LogP contribution in [0.3, 0.4) is 0 Å². The lowest BCUT2D eigenvalue weighted by molar-refractivity contribution is -0.121. The highest BCUT2D eigenvalue weighted by molar-refractivity contribution is 5.75. The van der Waals surface area contributed by atoms with Gasteiger partial charge in [-0.2, -0.15) is 5.10 Å². The first kappa shape index (κ1) is 19.1. The lowest BCUT2D eigenvalue weighted by Gasteiger charge is -2.18. The molecule has 6 heteroatoms. The summed E-state index contributed by atoms with van der Waals surface area (Å²) in [6, 6.07) is 12.0. The number of rotatable bonds is 8. The number of carbonyl (C=O) groups is 1. The molecule has 1 atom stereocenters. The van der Waals surface area contributed by atoms with E-state index in [-0.39, 0.29) is 11.5 Å². The summed E-state index contributed by atoms with van der Waals surface area (Å²) < 4.78 is 1.33. The first-order valence-corrected chi connectivity index (χ1v) is 9.71. The van der Waals surface area contributed by atoms with Crippen LogP contribution in [0.2, 0.25) is 0 Å². The minimum absolute atomic E-state index is 0.0974. The van der Waals surface area contributed by atoms with Crippen molar-refractivity contribution in [3.63, 3.8) is 0 Å². The zero-order chi connectivity index (χ0) is 19.1. The molecule has 1 aliphatic rings. The molecule has 2 heterocycles. The SMILES string of the molecule is Cn1ncc(N2CCC(CNC(=O)CCCCc3ccccc3)C2)cc1=O. The van der Waals surface area contributed by atoms with E-state index in [2.05, 4.69) is 39.6 Å². The lowest BCUT2D eigenvalue weighted by atomic mass is 10.1. The molecule has 0 bridgehead atoms. The van der Waals surface area contributed by atoms with Gasteiger partial charge in [-0.3, -0.25) is 9.59 Å². The molecule has 6 nitrogen and oxygen atoms in total. The number of hydrogen-bond acceptors (Lipinski definition) is 4. The molecule has 0 aliphatic carbocycles. The Balaban J connectivity index is 1.33. The number of aromatic nitrogens is 2. The summed E-state index contributed by atoms with van der Waals surface area (Å²) in [5.74, 6) is 0.555. The van der Waals surface area contributed by atoms with Crippen molar-refractivity contribution in [2.24, 2.45) is 13.0 Å². The van der Waals surface area contributed by atoms with Gasteiger partial charge < -0.3 is 10.2 Å². The number of nitrogens with one attached hydrogen (secondary N) is 1. The number of amides is 1. The van der Waals surface area contributed by atoms with Gasteiger partial charge in [-0.15, -0.1) is 0 Å². The number of benzene rings is 1. The van der Waals surface area contributed by atoms with Crippen LogP contribution >= 0.6 is 0 Å². The van der Waals surface area contributed by atoms with E-state index in [1.54, 1.807) is 19.3 Å². The zero-order valence-corrected chi connectivity index (χ0v) is 15.9. The van der Waals surface area contributed by atoms with E-state index in [4.69, 9.17) is 0 Å². The Kier molecular flexibility index (Phi) is 6.63. The topological polar surface area (TPSA) is 67.2 Å². The molecule has 1 aliphatic heterocycles. The standard InChI is InChI=1S/C21H28N4O2/c1-24-21(27)13-19(15-23-24)25-12-11-18(16-25)14-22-20(26)10-6-5-9-17-7-3-2-4-8-17/h2-4,7-8,13,15,18H,5-6,9-12,14,16H2,1H3,(H,22,26). The summed E-state index contributed by atoms with van der Waals surface area (Å²) in [4.78, 5) is 26.0. The molecule has 2 aromatic rings. The van der Waals surface area contributed by atoms with E-state index in [1.165, 1.54) is 10.2 Å². The largest absolute Gasteiger partial charge is 0.370 e. The van der Waals surface area contributed by atoms with Crippen LogP contribution in [0.25, 0.3) is 0 Å². The van der Waals surface area contributed by atoms with Gasteiger partial charge in [-0.1, -0.05) is 30.3 Å². The zero-order valence-electron chi connectivity index (χ0n) is 15.9. The highest BCUT2D eigenvalue weighted by atomic mass is 16.1. The van der Waals surface area contributed by atoms with Gasteiger partial charge in [-0.05, 0) is 37.2 Å². The molecule has 1 aromatic carbocycles. The number of hydrogen-bond donors (Lipinski definition) is 1. The van der Waals surface area contributed by atoms with Gasteiger partial charge in [-0.25, -0.2) is 4.68 Å². The Morgan fingerprint density at radius 3 is 2.85 bits per heavy atom. The molecule has 1 saturated heterocycles. The Bertz CT molecular complexity index is 803. The fraction of sp³-hybridized carbons (Fsp3) is 0.476. The first-order chi connectivity index (χ1) is 13.1. The molecule has 0 spiro atoms. The molecular weight excluding hydrogens is 340 g/mol. The van der Waals surface area contributed by atoms with Crippen molar-refractivity contribution in [3.8, 4) is 0 Å². The Morgan fingerprint density at radius 1 is 1.26 bits per heavy atom. The molecule has 1 N–H and O–H groups in total. The van der Waals surface area contributed by atoms with Crippen LogP contribution in [-0.4, -0.2) is 35.3 Å². The fourth-order valence-electron chi connectivity index (χ4n) is 3.47. The van der Waals surface area contributed by atoms with Crippen LogP contribution < -0.4 is 15.8 Å². The fourth-order valence-corrected chi connectivity index (χ4v) is 3.47. The summed E-state index contributed by atoms with van der Waals surface area (Å²) in [5, 5.41) is 7.15. The lowest BCUT2D eigenvalue weighted by Crippen LogP contribution is -2.31. The molecule has 1 fully saturated rings. The van der Waals surface area contributed by atoms with Crippen LogP contribution in [0.5, 0.6) is 0 Å². The highest BCUT2D eigenvalue weighted by Crippen LogP contribution is 2.21. The van der Waals surface area contributed by atoms with Gasteiger partial charge in [0, 0.05) is 39.2 Å². The average molecular weight is 368 g/mol. The Labute approximate surface area is 160 Å². The number of carbonyl (C=O) groups excluding carboxylic acids is 1. The van der Waals surface area contributed by atoms with E-state index in [0.29, 0.717) is 18.9 Å². The molecule has 0 radical (unpaired) electrons. The van der Waals surface area contributed by atoms with Gasteiger partial charge in [0.05, 0.1) is 11.9 Å². The summed E-state index contributed by atoms with van der Waals surface area (Å²) in [6.45, 7) is 2.45. The third kappa shape index (κ3) is 5.67. The van der Waals surface area contributed by atoms with Crippen LogP contribution in [0, 0.1) is 5.92 Å². The molecular formula is C21H28N4O2. The van der Waals surface area contributed by atoms with E-state index < -0.39 is 0 Å². The van der Waals surface area contributed by atoms with Crippen molar-refractivity contribution in [1.82, 2.24) is 15.1 Å². The summed E-state index contributed by atoms with van der Waals surface area (Å²) in [6.07, 6.45) is 6.30. The second-order valence-electron chi connectivity index (χ2n) is 7.27. The van der Waals surface area contributed by atoms with Crippen molar-refractivity contribution in [2.45, 2.75) is 32.1 Å². The van der Waals surface area contributed by atoms with Crippen molar-refractivity contribution in [3.05, 3.63) is 58.5 Å². The average Bonchev–Trinajstić information content (AvgIpc) is 3.16. The van der Waals surface area contributed by atoms with Gasteiger partial charge in [0.1, 0.15) is 0 Å². The molecule has 1 amide bonds. The molecule has 1 aromatic heterocycles. The monoisotopic (exact) mass is 368 g/mol. The molecule has 0 saturated carbocycles. The maximum atomic E-state index is 12.1. The van der Waals surface area contributed by atoms with Crippen LogP contribution in [0.4, 0.5) is 5.69 Å². The highest BCUT2D eigenvalue weighted by Gasteiger charge is 2.23. The van der Waals surface area contributed by atoms with Gasteiger partial charge in [0.2, 0.25) is 5.91 Å². The maximum absolute atomic E-state index is 12.1. The molecule has 27 heavy (non-hydrogen) atoms. The molecule has 1 unspecified atom stereocenters. The van der Waals surface area contributed by atoms with E-state index >= 15 is 0 Å². The third-order valence-corrected chi connectivity index (χ3v) is 5.15. The van der Waals surface area contributed by atoms with E-state index in [0.717, 1.165) is 44.5 Å². The number of unbranched alkanes of at least 4 members (excludes halogenated alkanes) is 1. The number of aryl methyl sites for hydroxylation is 2. The summed E-state index contributed by atoms with van der Waals surface area (Å²) in [7, 11) is 1.65. The Morgan fingerprint density at radius 2 is 2.07 bits per heavy atom. The minimum Gasteiger partial charge on any atom is -0.370 e. The Hall–Kier alpha value is -2.63. The maximum Gasteiger partial charge on any atom is 0.268 e. The first-order valence-electron chi connectivity index (χ1n) is 9.71. The van der Waals surface area contributed by atoms with Crippen molar-refractivity contribution in [1.29, 1.82) is 0 Å². The second kappa shape index (κ2) is 9.35. The van der Waals surface area contributed by atoms with Crippen LogP contribution in [0.15, 0.2) is 47.4 Å². The van der Waals surface area contributed by atoms with Crippen molar-refractivity contribution < 1.29 is 4.79 Å². The van der Waals surface area contributed by atoms with Gasteiger partial charge in [0.25, 0.3) is 5.56 Å². The van der Waals surface area contributed by atoms with E-state index in [9.17, 15) is 9.59 Å². The molecule has 144 valence electrons. The van der Waals surface area contributed by atoms with Crippen molar-refractivity contribution in [2.75, 3.05) is 24.5 Å². The van der Waals surface area contributed by atoms with Crippen LogP contribution in [-0.2, 0) is 18.3 Å². The third-order valence-electron chi connectivity index (χ3n) is 5.15. The summed E-state index contributed by atoms with van der Waals surface area (Å²) >= 11 is 0. The molecule has 3 rings (SSSR count). The van der Waals surface area contributed by atoms with Crippen LogP contribution in [0.1, 0.15) is 31.2 Å².